The molecule has 0 bridgehead atoms. The fourth-order valence-electron chi connectivity index (χ4n) is 5.31. The van der Waals surface area contributed by atoms with E-state index in [1.165, 1.54) is 28.5 Å². The van der Waals surface area contributed by atoms with Crippen molar-refractivity contribution in [2.24, 2.45) is 0 Å². The van der Waals surface area contributed by atoms with Crippen LogP contribution in [0.25, 0.3) is 0 Å². The van der Waals surface area contributed by atoms with E-state index in [0.29, 0.717) is 18.7 Å². The van der Waals surface area contributed by atoms with Gasteiger partial charge in [-0.3, -0.25) is 14.6 Å². The number of rotatable bonds is 12. The first kappa shape index (κ1) is 28.5. The number of nitrogens with one attached hydrogen (secondary N) is 2. The number of carbonyl (C=O) groups excluding carboxylic acids is 2. The summed E-state index contributed by atoms with van der Waals surface area (Å²) in [6.07, 6.45) is 2.99. The molecule has 0 aliphatic carbocycles. The van der Waals surface area contributed by atoms with Gasteiger partial charge in [0.1, 0.15) is 5.69 Å². The van der Waals surface area contributed by atoms with Crippen LogP contribution in [0, 0.1) is 0 Å². The lowest BCUT2D eigenvalue weighted by molar-refractivity contribution is 0.0936. The standard InChI is InChI=1S/C37H35N3O2/c41-36(38-25-23-33(28-13-5-1-6-14-28)29-15-7-2-8-16-29)32-21-22-35(40-27-32)37(42)39-26-24-34(30-17-9-3-10-18-30)31-19-11-4-12-20-31/h1-22,27,33-34H,23-26H2,(H,38,41)(H,39,42). The molecule has 0 atom stereocenters. The van der Waals surface area contributed by atoms with Crippen molar-refractivity contribution in [3.8, 4) is 0 Å². The fraction of sp³-hybridized carbons (Fsp3) is 0.162. The molecule has 0 aliphatic heterocycles. The van der Waals surface area contributed by atoms with Crippen LogP contribution in [0.2, 0.25) is 0 Å². The SMILES string of the molecule is O=C(NCCC(c1ccccc1)c1ccccc1)c1ccc(C(=O)NCCC(c2ccccc2)c2ccccc2)nc1. The lowest BCUT2D eigenvalue weighted by atomic mass is 9.88. The Morgan fingerprint density at radius 1 is 0.500 bits per heavy atom. The summed E-state index contributed by atoms with van der Waals surface area (Å²) >= 11 is 0. The summed E-state index contributed by atoms with van der Waals surface area (Å²) in [6.45, 7) is 1.01. The summed E-state index contributed by atoms with van der Waals surface area (Å²) in [5.74, 6) is -0.103. The van der Waals surface area contributed by atoms with Crippen molar-refractivity contribution in [2.75, 3.05) is 13.1 Å². The molecule has 5 nitrogen and oxygen atoms in total. The number of hydrogen-bond acceptors (Lipinski definition) is 3. The number of pyridine rings is 1. The summed E-state index contributed by atoms with van der Waals surface area (Å²) in [4.78, 5) is 29.9. The van der Waals surface area contributed by atoms with E-state index in [4.69, 9.17) is 0 Å². The van der Waals surface area contributed by atoms with Gasteiger partial charge in [-0.15, -0.1) is 0 Å². The average molecular weight is 554 g/mol. The number of benzene rings is 4. The molecule has 0 aliphatic rings. The predicted molar refractivity (Wildman–Crippen MR) is 168 cm³/mol. The van der Waals surface area contributed by atoms with Gasteiger partial charge >= 0.3 is 0 Å². The monoisotopic (exact) mass is 553 g/mol. The first-order chi connectivity index (χ1) is 20.7. The highest BCUT2D eigenvalue weighted by atomic mass is 16.2. The molecule has 0 spiro atoms. The Balaban J connectivity index is 1.14. The molecule has 5 rings (SSSR count). The molecular weight excluding hydrogens is 518 g/mol. The molecule has 210 valence electrons. The molecule has 2 N–H and O–H groups in total. The van der Waals surface area contributed by atoms with Gasteiger partial charge in [0.15, 0.2) is 0 Å². The van der Waals surface area contributed by atoms with Crippen molar-refractivity contribution in [2.45, 2.75) is 24.7 Å². The minimum Gasteiger partial charge on any atom is -0.352 e. The minimum absolute atomic E-state index is 0.176. The molecule has 0 radical (unpaired) electrons. The molecule has 0 unspecified atom stereocenters. The second-order valence-corrected chi connectivity index (χ2v) is 10.3. The highest BCUT2D eigenvalue weighted by molar-refractivity contribution is 5.96. The zero-order valence-electron chi connectivity index (χ0n) is 23.5. The lowest BCUT2D eigenvalue weighted by Crippen LogP contribution is -2.28. The van der Waals surface area contributed by atoms with E-state index in [2.05, 4.69) is 64.1 Å². The van der Waals surface area contributed by atoms with E-state index in [0.717, 1.165) is 12.8 Å². The molecule has 0 fully saturated rings. The van der Waals surface area contributed by atoms with E-state index in [9.17, 15) is 9.59 Å². The van der Waals surface area contributed by atoms with Gasteiger partial charge in [-0.2, -0.15) is 0 Å². The normalized spacial score (nSPS) is 10.9. The van der Waals surface area contributed by atoms with Crippen LogP contribution >= 0.6 is 0 Å². The van der Waals surface area contributed by atoms with Gasteiger partial charge in [-0.25, -0.2) is 0 Å². The van der Waals surface area contributed by atoms with Gasteiger partial charge in [0.2, 0.25) is 0 Å². The Bertz CT molecular complexity index is 1340. The smallest absolute Gasteiger partial charge is 0.269 e. The highest BCUT2D eigenvalue weighted by Crippen LogP contribution is 2.28. The highest BCUT2D eigenvalue weighted by Gasteiger charge is 2.17. The van der Waals surface area contributed by atoms with Crippen molar-refractivity contribution in [3.63, 3.8) is 0 Å². The lowest BCUT2D eigenvalue weighted by Gasteiger charge is -2.18. The van der Waals surface area contributed by atoms with Crippen molar-refractivity contribution < 1.29 is 9.59 Å². The van der Waals surface area contributed by atoms with Gasteiger partial charge in [0.25, 0.3) is 11.8 Å². The van der Waals surface area contributed by atoms with Crippen molar-refractivity contribution in [1.82, 2.24) is 15.6 Å². The fourth-order valence-corrected chi connectivity index (χ4v) is 5.31. The van der Waals surface area contributed by atoms with E-state index < -0.39 is 0 Å². The third-order valence-electron chi connectivity index (χ3n) is 7.50. The van der Waals surface area contributed by atoms with Gasteiger partial charge in [-0.1, -0.05) is 121 Å². The van der Waals surface area contributed by atoms with Crippen molar-refractivity contribution >= 4 is 11.8 Å². The summed E-state index contributed by atoms with van der Waals surface area (Å²) in [5.41, 5.74) is 5.57. The molecule has 1 aromatic heterocycles. The van der Waals surface area contributed by atoms with E-state index in [-0.39, 0.29) is 29.3 Å². The zero-order valence-corrected chi connectivity index (χ0v) is 23.5. The van der Waals surface area contributed by atoms with Crippen LogP contribution in [-0.2, 0) is 0 Å². The average Bonchev–Trinajstić information content (AvgIpc) is 3.06. The van der Waals surface area contributed by atoms with Crippen LogP contribution in [0.1, 0.15) is 67.8 Å². The molecule has 2 amide bonds. The maximum absolute atomic E-state index is 12.8. The Morgan fingerprint density at radius 2 is 0.881 bits per heavy atom. The molecule has 0 saturated carbocycles. The Kier molecular flexibility index (Phi) is 9.88. The first-order valence-electron chi connectivity index (χ1n) is 14.4. The van der Waals surface area contributed by atoms with Crippen LogP contribution in [0.15, 0.2) is 140 Å². The van der Waals surface area contributed by atoms with Gasteiger partial charge in [0.05, 0.1) is 5.56 Å². The van der Waals surface area contributed by atoms with E-state index in [1.54, 1.807) is 12.1 Å². The summed E-state index contributed by atoms with van der Waals surface area (Å²) in [7, 11) is 0. The molecule has 0 saturated heterocycles. The van der Waals surface area contributed by atoms with Crippen LogP contribution < -0.4 is 10.6 Å². The van der Waals surface area contributed by atoms with Gasteiger partial charge in [-0.05, 0) is 47.2 Å². The summed E-state index contributed by atoms with van der Waals surface area (Å²) in [6, 6.07) is 44.6. The number of nitrogens with zero attached hydrogens (tertiary/aromatic N) is 1. The zero-order chi connectivity index (χ0) is 29.0. The van der Waals surface area contributed by atoms with E-state index >= 15 is 0 Å². The number of hydrogen-bond donors (Lipinski definition) is 2. The Hall–Kier alpha value is -5.03. The Labute approximate surface area is 247 Å². The van der Waals surface area contributed by atoms with Crippen molar-refractivity contribution in [1.29, 1.82) is 0 Å². The maximum atomic E-state index is 12.8. The Morgan fingerprint density at radius 3 is 1.24 bits per heavy atom. The van der Waals surface area contributed by atoms with Gasteiger partial charge in [0, 0.05) is 31.1 Å². The molecule has 42 heavy (non-hydrogen) atoms. The molecule has 1 heterocycles. The molecule has 5 heteroatoms. The molecule has 4 aromatic carbocycles. The third kappa shape index (κ3) is 7.58. The second-order valence-electron chi connectivity index (χ2n) is 10.3. The maximum Gasteiger partial charge on any atom is 0.269 e. The topological polar surface area (TPSA) is 71.1 Å². The second kappa shape index (κ2) is 14.6. The number of carbonyl (C=O) groups is 2. The third-order valence-corrected chi connectivity index (χ3v) is 7.50. The first-order valence-corrected chi connectivity index (χ1v) is 14.4. The minimum atomic E-state index is -0.254. The van der Waals surface area contributed by atoms with Crippen LogP contribution in [0.3, 0.4) is 0 Å². The van der Waals surface area contributed by atoms with Crippen LogP contribution in [0.5, 0.6) is 0 Å². The predicted octanol–water partition coefficient (Wildman–Crippen LogP) is 6.99. The van der Waals surface area contributed by atoms with Gasteiger partial charge < -0.3 is 10.6 Å². The summed E-state index contributed by atoms with van der Waals surface area (Å²) in [5, 5.41) is 6.01. The van der Waals surface area contributed by atoms with Crippen LogP contribution in [0.4, 0.5) is 0 Å². The van der Waals surface area contributed by atoms with E-state index in [1.807, 2.05) is 72.8 Å². The van der Waals surface area contributed by atoms with Crippen molar-refractivity contribution in [3.05, 3.63) is 173 Å². The quantitative estimate of drug-likeness (QED) is 0.175. The number of amides is 2. The molecule has 5 aromatic rings. The summed E-state index contributed by atoms with van der Waals surface area (Å²) < 4.78 is 0. The largest absolute Gasteiger partial charge is 0.352 e. The van der Waals surface area contributed by atoms with Crippen LogP contribution in [-0.4, -0.2) is 29.9 Å². The molecular formula is C37H35N3O2. The number of aromatic nitrogens is 1.